The van der Waals surface area contributed by atoms with E-state index in [1.54, 1.807) is 0 Å². The van der Waals surface area contributed by atoms with Gasteiger partial charge in [0.25, 0.3) is 0 Å². The molecule has 0 saturated heterocycles. The number of aliphatic hydroxyl groups is 1. The first-order valence-electron chi connectivity index (χ1n) is 12.1. The Kier molecular flexibility index (Phi) is 7.32. The monoisotopic (exact) mass is 427 g/mol. The molecular formula is C30H37NO. The molecule has 0 aromatic heterocycles. The highest BCUT2D eigenvalue weighted by molar-refractivity contribution is 5.52. The molecular weight excluding hydrogens is 390 g/mol. The number of hydrogen-bond donors (Lipinski definition) is 1. The molecule has 1 saturated carbocycles. The van der Waals surface area contributed by atoms with Crippen molar-refractivity contribution in [1.29, 1.82) is 0 Å². The largest absolute Gasteiger partial charge is 0.390 e. The maximum Gasteiger partial charge on any atom is 0.0679 e. The van der Waals surface area contributed by atoms with Crippen molar-refractivity contribution in [3.8, 4) is 0 Å². The van der Waals surface area contributed by atoms with Gasteiger partial charge in [-0.15, -0.1) is 0 Å². The van der Waals surface area contributed by atoms with Crippen LogP contribution in [-0.4, -0.2) is 24.8 Å². The lowest BCUT2D eigenvalue weighted by molar-refractivity contribution is -0.0609. The zero-order valence-electron chi connectivity index (χ0n) is 19.6. The summed E-state index contributed by atoms with van der Waals surface area (Å²) in [6.45, 7) is 0. The molecule has 1 N–H and O–H groups in total. The molecule has 0 bridgehead atoms. The number of hydrogen-bond acceptors (Lipinski definition) is 2. The second kappa shape index (κ2) is 10.4. The van der Waals surface area contributed by atoms with Crippen LogP contribution in [0.15, 0.2) is 84.9 Å². The number of aryl methyl sites for hydroxylation is 1. The maximum absolute atomic E-state index is 12.0. The molecule has 3 aromatic rings. The zero-order valence-corrected chi connectivity index (χ0v) is 19.6. The second-order valence-corrected chi connectivity index (χ2v) is 9.75. The zero-order chi connectivity index (χ0) is 22.4. The highest BCUT2D eigenvalue weighted by Crippen LogP contribution is 2.46. The van der Waals surface area contributed by atoms with Gasteiger partial charge in [-0.25, -0.2) is 0 Å². The fourth-order valence-corrected chi connectivity index (χ4v) is 5.57. The Morgan fingerprint density at radius 1 is 0.875 bits per heavy atom. The molecule has 0 heterocycles. The van der Waals surface area contributed by atoms with E-state index in [0.29, 0.717) is 5.92 Å². The van der Waals surface area contributed by atoms with E-state index >= 15 is 0 Å². The minimum atomic E-state index is -0.598. The van der Waals surface area contributed by atoms with Crippen molar-refractivity contribution >= 4 is 5.69 Å². The van der Waals surface area contributed by atoms with E-state index in [1.165, 1.54) is 22.4 Å². The van der Waals surface area contributed by atoms with Crippen LogP contribution in [0.25, 0.3) is 0 Å². The van der Waals surface area contributed by atoms with E-state index < -0.39 is 5.60 Å². The van der Waals surface area contributed by atoms with Gasteiger partial charge in [0.15, 0.2) is 0 Å². The minimum Gasteiger partial charge on any atom is -0.390 e. The van der Waals surface area contributed by atoms with Gasteiger partial charge in [-0.05, 0) is 79.5 Å². The van der Waals surface area contributed by atoms with Crippen molar-refractivity contribution in [2.75, 3.05) is 19.0 Å². The Morgan fingerprint density at radius 3 is 2.25 bits per heavy atom. The normalized spacial score (nSPS) is 23.1. The van der Waals surface area contributed by atoms with Gasteiger partial charge in [-0.3, -0.25) is 0 Å². The summed E-state index contributed by atoms with van der Waals surface area (Å²) in [5, 5.41) is 12.0. The number of benzene rings is 3. The maximum atomic E-state index is 12.0. The third-order valence-corrected chi connectivity index (χ3v) is 7.38. The summed E-state index contributed by atoms with van der Waals surface area (Å²) in [5.41, 5.74) is 4.80. The van der Waals surface area contributed by atoms with Crippen molar-refractivity contribution in [1.82, 2.24) is 0 Å². The Labute approximate surface area is 193 Å². The summed E-state index contributed by atoms with van der Waals surface area (Å²) in [6.07, 6.45) is 6.87. The molecule has 0 radical (unpaired) electrons. The quantitative estimate of drug-likeness (QED) is 0.436. The van der Waals surface area contributed by atoms with Crippen LogP contribution in [0, 0.1) is 5.92 Å². The van der Waals surface area contributed by atoms with Crippen molar-refractivity contribution < 1.29 is 5.11 Å². The minimum absolute atomic E-state index is 0.262. The van der Waals surface area contributed by atoms with Gasteiger partial charge < -0.3 is 10.0 Å². The van der Waals surface area contributed by atoms with E-state index in [4.69, 9.17) is 0 Å². The van der Waals surface area contributed by atoms with Crippen LogP contribution in [0.1, 0.15) is 54.7 Å². The third-order valence-electron chi connectivity index (χ3n) is 7.38. The molecule has 3 atom stereocenters. The third kappa shape index (κ3) is 5.42. The van der Waals surface area contributed by atoms with Crippen LogP contribution in [0.5, 0.6) is 0 Å². The SMILES string of the molecule is CN(C)c1ccccc1CC1CC(c2ccccc2)CCC1(O)CCCc1ccccc1. The van der Waals surface area contributed by atoms with Crippen LogP contribution < -0.4 is 4.90 Å². The Hall–Kier alpha value is -2.58. The molecule has 2 nitrogen and oxygen atoms in total. The molecule has 168 valence electrons. The summed E-state index contributed by atoms with van der Waals surface area (Å²) in [5.74, 6) is 0.792. The topological polar surface area (TPSA) is 23.5 Å². The smallest absolute Gasteiger partial charge is 0.0679 e. The van der Waals surface area contributed by atoms with E-state index in [0.717, 1.165) is 44.9 Å². The Morgan fingerprint density at radius 2 is 1.53 bits per heavy atom. The Balaban J connectivity index is 1.53. The molecule has 32 heavy (non-hydrogen) atoms. The lowest BCUT2D eigenvalue weighted by Crippen LogP contribution is -2.44. The fourth-order valence-electron chi connectivity index (χ4n) is 5.57. The van der Waals surface area contributed by atoms with Gasteiger partial charge in [0.1, 0.15) is 0 Å². The van der Waals surface area contributed by atoms with Gasteiger partial charge in [0, 0.05) is 19.8 Å². The fraction of sp³-hybridized carbons (Fsp3) is 0.400. The summed E-state index contributed by atoms with van der Waals surface area (Å²) in [4.78, 5) is 2.20. The molecule has 3 unspecified atom stereocenters. The number of nitrogens with zero attached hydrogens (tertiary/aromatic N) is 1. The number of para-hydroxylation sites is 1. The summed E-state index contributed by atoms with van der Waals surface area (Å²) < 4.78 is 0. The Bertz CT molecular complexity index is 964. The molecule has 0 aliphatic heterocycles. The average molecular weight is 428 g/mol. The van der Waals surface area contributed by atoms with E-state index in [1.807, 2.05) is 0 Å². The first-order chi connectivity index (χ1) is 15.5. The molecule has 1 aliphatic rings. The number of rotatable bonds is 8. The van der Waals surface area contributed by atoms with Crippen LogP contribution in [0.2, 0.25) is 0 Å². The number of anilines is 1. The van der Waals surface area contributed by atoms with Gasteiger partial charge in [0.2, 0.25) is 0 Å². The molecule has 3 aromatic carbocycles. The van der Waals surface area contributed by atoms with Crippen molar-refractivity contribution in [2.24, 2.45) is 5.92 Å². The molecule has 0 spiro atoms. The predicted molar refractivity (Wildman–Crippen MR) is 135 cm³/mol. The van der Waals surface area contributed by atoms with Crippen LogP contribution in [-0.2, 0) is 12.8 Å². The average Bonchev–Trinajstić information content (AvgIpc) is 2.82. The standard InChI is InChI=1S/C30H37NO/c1-31(2)29-18-10-9-17-27(29)23-28-22-26(25-15-7-4-8-16-25)19-21-30(28,32)20-11-14-24-12-5-3-6-13-24/h3-10,12-13,15-18,26,28,32H,11,14,19-23H2,1-2H3. The van der Waals surface area contributed by atoms with Crippen molar-refractivity contribution in [2.45, 2.75) is 56.5 Å². The van der Waals surface area contributed by atoms with Gasteiger partial charge in [0.05, 0.1) is 5.60 Å². The van der Waals surface area contributed by atoms with Crippen LogP contribution in [0.4, 0.5) is 5.69 Å². The molecule has 1 aliphatic carbocycles. The van der Waals surface area contributed by atoms with E-state index in [9.17, 15) is 5.11 Å². The van der Waals surface area contributed by atoms with Gasteiger partial charge in [-0.2, -0.15) is 0 Å². The van der Waals surface area contributed by atoms with E-state index in [2.05, 4.69) is 104 Å². The molecule has 2 heteroatoms. The van der Waals surface area contributed by atoms with Crippen LogP contribution >= 0.6 is 0 Å². The molecule has 4 rings (SSSR count). The summed E-state index contributed by atoms with van der Waals surface area (Å²) in [6, 6.07) is 30.3. The summed E-state index contributed by atoms with van der Waals surface area (Å²) in [7, 11) is 4.22. The lowest BCUT2D eigenvalue weighted by Gasteiger charge is -2.44. The second-order valence-electron chi connectivity index (χ2n) is 9.75. The molecule has 0 amide bonds. The lowest BCUT2D eigenvalue weighted by atomic mass is 9.65. The van der Waals surface area contributed by atoms with Crippen molar-refractivity contribution in [3.05, 3.63) is 102 Å². The summed E-state index contributed by atoms with van der Waals surface area (Å²) >= 11 is 0. The van der Waals surface area contributed by atoms with Crippen molar-refractivity contribution in [3.63, 3.8) is 0 Å². The highest BCUT2D eigenvalue weighted by Gasteiger charge is 2.42. The first-order valence-corrected chi connectivity index (χ1v) is 12.1. The van der Waals surface area contributed by atoms with Gasteiger partial charge in [-0.1, -0.05) is 78.9 Å². The predicted octanol–water partition coefficient (Wildman–Crippen LogP) is 6.63. The van der Waals surface area contributed by atoms with Gasteiger partial charge >= 0.3 is 0 Å². The van der Waals surface area contributed by atoms with E-state index in [-0.39, 0.29) is 5.92 Å². The molecule has 1 fully saturated rings. The highest BCUT2D eigenvalue weighted by atomic mass is 16.3. The first kappa shape index (κ1) is 22.6. The van der Waals surface area contributed by atoms with Crippen LogP contribution in [0.3, 0.4) is 0 Å².